The van der Waals surface area contributed by atoms with Gasteiger partial charge in [0.25, 0.3) is 5.91 Å². The van der Waals surface area contributed by atoms with E-state index in [4.69, 9.17) is 0 Å². The second-order valence-corrected chi connectivity index (χ2v) is 7.79. The van der Waals surface area contributed by atoms with Crippen molar-refractivity contribution in [3.63, 3.8) is 0 Å². The summed E-state index contributed by atoms with van der Waals surface area (Å²) >= 11 is 0. The Kier molecular flexibility index (Phi) is 7.22. The zero-order chi connectivity index (χ0) is 20.6. The summed E-state index contributed by atoms with van der Waals surface area (Å²) in [5, 5.41) is 5.68. The summed E-state index contributed by atoms with van der Waals surface area (Å²) in [7, 11) is 0. The molecule has 2 amide bonds. The molecule has 6 nitrogen and oxygen atoms in total. The van der Waals surface area contributed by atoms with Crippen LogP contribution in [0.5, 0.6) is 0 Å². The molecular formula is C23H30N4O2. The average Bonchev–Trinajstić information content (AvgIpc) is 2.73. The van der Waals surface area contributed by atoms with Crippen LogP contribution in [0, 0.1) is 12.8 Å². The van der Waals surface area contributed by atoms with Gasteiger partial charge in [-0.3, -0.25) is 9.59 Å². The van der Waals surface area contributed by atoms with Gasteiger partial charge in [-0.2, -0.15) is 0 Å². The predicted molar refractivity (Wildman–Crippen MR) is 115 cm³/mol. The number of benzene rings is 1. The number of carbonyl (C=O) groups is 2. The van der Waals surface area contributed by atoms with Crippen molar-refractivity contribution in [2.24, 2.45) is 5.92 Å². The van der Waals surface area contributed by atoms with Gasteiger partial charge in [0.05, 0.1) is 0 Å². The van der Waals surface area contributed by atoms with Crippen molar-refractivity contribution in [1.29, 1.82) is 0 Å². The molecule has 0 radical (unpaired) electrons. The molecule has 29 heavy (non-hydrogen) atoms. The molecule has 2 aromatic rings. The number of aromatic nitrogens is 1. The first-order chi connectivity index (χ1) is 14.0. The average molecular weight is 395 g/mol. The smallest absolute Gasteiger partial charge is 0.251 e. The van der Waals surface area contributed by atoms with Crippen molar-refractivity contribution in [3.8, 4) is 0 Å². The van der Waals surface area contributed by atoms with Crippen LogP contribution in [0.15, 0.2) is 42.6 Å². The minimum Gasteiger partial charge on any atom is -0.357 e. The summed E-state index contributed by atoms with van der Waals surface area (Å²) in [6.07, 6.45) is 4.49. The minimum atomic E-state index is -0.150. The Hall–Kier alpha value is -2.89. The Morgan fingerprint density at radius 3 is 2.55 bits per heavy atom. The standard InChI is InChI=1S/C23H30N4O2/c1-17-10-13-27(14-11-17)21-8-7-19(15-25-21)16-26-22(28)9-12-24-23(29)20-6-4-3-5-18(20)2/h3-8,15,17H,9-14,16H2,1-2H3,(H,24,29)(H,26,28). The predicted octanol–water partition coefficient (Wildman–Crippen LogP) is 3.06. The Labute approximate surface area is 172 Å². The van der Waals surface area contributed by atoms with Gasteiger partial charge in [0.15, 0.2) is 0 Å². The first-order valence-corrected chi connectivity index (χ1v) is 10.3. The number of nitrogens with one attached hydrogen (secondary N) is 2. The number of amides is 2. The number of aryl methyl sites for hydroxylation is 1. The third-order valence-corrected chi connectivity index (χ3v) is 5.43. The van der Waals surface area contributed by atoms with E-state index >= 15 is 0 Å². The molecule has 154 valence electrons. The van der Waals surface area contributed by atoms with Crippen molar-refractivity contribution < 1.29 is 9.59 Å². The van der Waals surface area contributed by atoms with Crippen LogP contribution in [-0.2, 0) is 11.3 Å². The van der Waals surface area contributed by atoms with Crippen molar-refractivity contribution in [2.75, 3.05) is 24.5 Å². The molecular weight excluding hydrogens is 364 g/mol. The van der Waals surface area contributed by atoms with Crippen LogP contribution in [-0.4, -0.2) is 36.4 Å². The Balaban J connectivity index is 1.38. The highest BCUT2D eigenvalue weighted by molar-refractivity contribution is 5.95. The highest BCUT2D eigenvalue weighted by Crippen LogP contribution is 2.21. The number of hydrogen-bond acceptors (Lipinski definition) is 4. The number of pyridine rings is 1. The zero-order valence-electron chi connectivity index (χ0n) is 17.3. The quantitative estimate of drug-likeness (QED) is 0.757. The van der Waals surface area contributed by atoms with Crippen LogP contribution in [0.1, 0.15) is 47.7 Å². The molecule has 0 bridgehead atoms. The molecule has 3 rings (SSSR count). The van der Waals surface area contributed by atoms with Crippen molar-refractivity contribution in [3.05, 3.63) is 59.3 Å². The lowest BCUT2D eigenvalue weighted by Gasteiger charge is -2.31. The van der Waals surface area contributed by atoms with Gasteiger partial charge in [-0.1, -0.05) is 31.2 Å². The maximum absolute atomic E-state index is 12.2. The van der Waals surface area contributed by atoms with Crippen molar-refractivity contribution in [1.82, 2.24) is 15.6 Å². The van der Waals surface area contributed by atoms with Crippen LogP contribution in [0.2, 0.25) is 0 Å². The molecule has 1 aromatic heterocycles. The number of rotatable bonds is 7. The minimum absolute atomic E-state index is 0.0934. The molecule has 0 spiro atoms. The highest BCUT2D eigenvalue weighted by atomic mass is 16.2. The summed E-state index contributed by atoms with van der Waals surface area (Å²) in [5.74, 6) is 1.56. The van der Waals surface area contributed by atoms with Crippen molar-refractivity contribution >= 4 is 17.6 Å². The van der Waals surface area contributed by atoms with Crippen LogP contribution < -0.4 is 15.5 Å². The summed E-state index contributed by atoms with van der Waals surface area (Å²) in [6.45, 7) is 7.05. The topological polar surface area (TPSA) is 74.3 Å². The van der Waals surface area contributed by atoms with E-state index in [0.29, 0.717) is 18.7 Å². The van der Waals surface area contributed by atoms with Gasteiger partial charge >= 0.3 is 0 Å². The monoisotopic (exact) mass is 394 g/mol. The number of anilines is 1. The Morgan fingerprint density at radius 1 is 1.10 bits per heavy atom. The lowest BCUT2D eigenvalue weighted by Crippen LogP contribution is -2.33. The lowest BCUT2D eigenvalue weighted by molar-refractivity contribution is -0.121. The van der Waals surface area contributed by atoms with E-state index in [0.717, 1.165) is 36.0 Å². The Morgan fingerprint density at radius 2 is 1.86 bits per heavy atom. The molecule has 1 saturated heterocycles. The molecule has 1 fully saturated rings. The molecule has 1 aromatic carbocycles. The molecule has 1 aliphatic rings. The Bertz CT molecular complexity index is 827. The zero-order valence-corrected chi connectivity index (χ0v) is 17.3. The third-order valence-electron chi connectivity index (χ3n) is 5.43. The van der Waals surface area contributed by atoms with Gasteiger partial charge in [-0.05, 0) is 48.9 Å². The number of carbonyl (C=O) groups excluding carboxylic acids is 2. The summed E-state index contributed by atoms with van der Waals surface area (Å²) in [6, 6.07) is 11.5. The summed E-state index contributed by atoms with van der Waals surface area (Å²) in [5.41, 5.74) is 2.53. The van der Waals surface area contributed by atoms with Gasteiger partial charge in [0.2, 0.25) is 5.91 Å². The second-order valence-electron chi connectivity index (χ2n) is 7.79. The fourth-order valence-corrected chi connectivity index (χ4v) is 3.45. The molecule has 0 atom stereocenters. The van der Waals surface area contributed by atoms with Gasteiger partial charge < -0.3 is 15.5 Å². The molecule has 0 unspecified atom stereocenters. The normalized spacial score (nSPS) is 14.5. The van der Waals surface area contributed by atoms with Crippen LogP contribution >= 0.6 is 0 Å². The fourth-order valence-electron chi connectivity index (χ4n) is 3.45. The maximum Gasteiger partial charge on any atom is 0.251 e. The number of nitrogens with zero attached hydrogens (tertiary/aromatic N) is 2. The molecule has 2 N–H and O–H groups in total. The van der Waals surface area contributed by atoms with E-state index in [1.54, 1.807) is 6.07 Å². The lowest BCUT2D eigenvalue weighted by atomic mass is 9.99. The molecule has 6 heteroatoms. The molecule has 2 heterocycles. The number of piperidine rings is 1. The van der Waals surface area contributed by atoms with E-state index < -0.39 is 0 Å². The maximum atomic E-state index is 12.2. The van der Waals surface area contributed by atoms with Crippen LogP contribution in [0.25, 0.3) is 0 Å². The van der Waals surface area contributed by atoms with E-state index in [2.05, 4.69) is 27.4 Å². The van der Waals surface area contributed by atoms with Gasteiger partial charge in [0.1, 0.15) is 5.82 Å². The van der Waals surface area contributed by atoms with E-state index in [1.165, 1.54) is 12.8 Å². The third kappa shape index (κ3) is 6.04. The van der Waals surface area contributed by atoms with Crippen molar-refractivity contribution in [2.45, 2.75) is 39.7 Å². The van der Waals surface area contributed by atoms with E-state index in [1.807, 2.05) is 43.5 Å². The molecule has 1 aliphatic heterocycles. The van der Waals surface area contributed by atoms with E-state index in [-0.39, 0.29) is 18.2 Å². The van der Waals surface area contributed by atoms with E-state index in [9.17, 15) is 9.59 Å². The largest absolute Gasteiger partial charge is 0.357 e. The SMILES string of the molecule is Cc1ccccc1C(=O)NCCC(=O)NCc1ccc(N2CCC(C)CC2)nc1. The first kappa shape index (κ1) is 20.8. The second kappa shape index (κ2) is 10.0. The molecule has 0 saturated carbocycles. The first-order valence-electron chi connectivity index (χ1n) is 10.3. The summed E-state index contributed by atoms with van der Waals surface area (Å²) < 4.78 is 0. The van der Waals surface area contributed by atoms with Crippen LogP contribution in [0.4, 0.5) is 5.82 Å². The van der Waals surface area contributed by atoms with Gasteiger partial charge in [0, 0.05) is 44.4 Å². The van der Waals surface area contributed by atoms with Gasteiger partial charge in [-0.25, -0.2) is 4.98 Å². The highest BCUT2D eigenvalue weighted by Gasteiger charge is 2.16. The fraction of sp³-hybridized carbons (Fsp3) is 0.435. The van der Waals surface area contributed by atoms with Crippen LogP contribution in [0.3, 0.4) is 0 Å². The molecule has 0 aliphatic carbocycles. The van der Waals surface area contributed by atoms with Gasteiger partial charge in [-0.15, -0.1) is 0 Å². The summed E-state index contributed by atoms with van der Waals surface area (Å²) in [4.78, 5) is 31.1. The number of hydrogen-bond donors (Lipinski definition) is 2.